The SMILES string of the molecule is CC.Cc1cc(F)cc(-c2cccc(CC3C(NSC4CC4)C(F)(F)CN3C)c2F)c1.NC=O. The Morgan fingerprint density at radius 3 is 2.44 bits per heavy atom. The molecule has 1 heterocycles. The fourth-order valence-electron chi connectivity index (χ4n) is 3.96. The van der Waals surface area contributed by atoms with E-state index in [2.05, 4.69) is 10.5 Å². The standard InChI is InChI=1S/C22H24F4N2S.C2H6.CH3NO/c1-13-8-15(10-16(23)9-13)18-5-3-4-14(20(18)24)11-19-21(27-29-17-6-7-17)22(25,26)12-28(19)2;1-2;2-1-3/h3-5,8-10,17,19,21,27H,6-7,11-12H2,1-2H3;1-2H3;1H,(H2,2,3). The lowest BCUT2D eigenvalue weighted by molar-refractivity contribution is -0.106. The van der Waals surface area contributed by atoms with Crippen LogP contribution in [0.3, 0.4) is 0 Å². The fourth-order valence-corrected chi connectivity index (χ4v) is 5.00. The molecular formula is C25H33F4N3OS. The van der Waals surface area contributed by atoms with E-state index in [-0.39, 0.29) is 24.9 Å². The summed E-state index contributed by atoms with van der Waals surface area (Å²) in [4.78, 5) is 10.2. The quantitative estimate of drug-likeness (QED) is 0.321. The lowest BCUT2D eigenvalue weighted by atomic mass is 9.95. The zero-order valence-electron chi connectivity index (χ0n) is 20.0. The van der Waals surface area contributed by atoms with Gasteiger partial charge in [-0.05, 0) is 62.1 Å². The van der Waals surface area contributed by atoms with Crippen molar-refractivity contribution in [1.29, 1.82) is 0 Å². The predicted octanol–water partition coefficient (Wildman–Crippen LogP) is 5.33. The molecule has 3 N–H and O–H groups in total. The minimum Gasteiger partial charge on any atom is -0.372 e. The van der Waals surface area contributed by atoms with Crippen LogP contribution in [0.25, 0.3) is 11.1 Å². The lowest BCUT2D eigenvalue weighted by Crippen LogP contribution is -2.47. The molecule has 1 amide bonds. The summed E-state index contributed by atoms with van der Waals surface area (Å²) >= 11 is 1.37. The van der Waals surface area contributed by atoms with E-state index in [1.165, 1.54) is 24.1 Å². The van der Waals surface area contributed by atoms with Gasteiger partial charge in [-0.3, -0.25) is 14.4 Å². The summed E-state index contributed by atoms with van der Waals surface area (Å²) in [6.07, 6.45) is 2.49. The second-order valence-electron chi connectivity index (χ2n) is 8.29. The van der Waals surface area contributed by atoms with Crippen LogP contribution >= 0.6 is 11.9 Å². The zero-order valence-corrected chi connectivity index (χ0v) is 20.8. The van der Waals surface area contributed by atoms with Crippen molar-refractivity contribution in [2.45, 2.75) is 63.3 Å². The number of hydrogen-bond donors (Lipinski definition) is 2. The Balaban J connectivity index is 0.000000758. The summed E-state index contributed by atoms with van der Waals surface area (Å²) in [5.74, 6) is -3.79. The number of likely N-dealkylation sites (tertiary alicyclic amines) is 1. The van der Waals surface area contributed by atoms with Crippen LogP contribution in [0.5, 0.6) is 0 Å². The molecule has 1 aliphatic heterocycles. The average molecular weight is 500 g/mol. The van der Waals surface area contributed by atoms with Gasteiger partial charge in [0.25, 0.3) is 5.92 Å². The molecule has 0 spiro atoms. The minimum absolute atomic E-state index is 0.156. The highest BCUT2D eigenvalue weighted by molar-refractivity contribution is 7.98. The van der Waals surface area contributed by atoms with Gasteiger partial charge in [-0.25, -0.2) is 17.6 Å². The molecule has 0 radical (unpaired) electrons. The van der Waals surface area contributed by atoms with Gasteiger partial charge in [0.05, 0.1) is 12.6 Å². The summed E-state index contributed by atoms with van der Waals surface area (Å²) in [6, 6.07) is 7.74. The van der Waals surface area contributed by atoms with E-state index >= 15 is 4.39 Å². The Labute approximate surface area is 203 Å². The molecule has 2 aromatic rings. The Morgan fingerprint density at radius 1 is 1.21 bits per heavy atom. The van der Waals surface area contributed by atoms with Crippen molar-refractivity contribution < 1.29 is 22.4 Å². The highest BCUT2D eigenvalue weighted by atomic mass is 32.2. The predicted molar refractivity (Wildman–Crippen MR) is 131 cm³/mol. The van der Waals surface area contributed by atoms with Crippen molar-refractivity contribution in [3.8, 4) is 11.1 Å². The molecule has 4 nitrogen and oxygen atoms in total. The van der Waals surface area contributed by atoms with Crippen LogP contribution in [0.15, 0.2) is 36.4 Å². The van der Waals surface area contributed by atoms with Crippen molar-refractivity contribution in [1.82, 2.24) is 9.62 Å². The maximum atomic E-state index is 15.3. The number of hydrogen-bond acceptors (Lipinski definition) is 4. The number of carbonyl (C=O) groups excluding carboxylic acids is 1. The van der Waals surface area contributed by atoms with Crippen molar-refractivity contribution in [2.24, 2.45) is 5.73 Å². The summed E-state index contributed by atoms with van der Waals surface area (Å²) < 4.78 is 61.2. The van der Waals surface area contributed by atoms with Crippen molar-refractivity contribution >= 4 is 18.4 Å². The van der Waals surface area contributed by atoms with Crippen molar-refractivity contribution in [3.63, 3.8) is 0 Å². The lowest BCUT2D eigenvalue weighted by Gasteiger charge is -2.27. The number of nitrogens with one attached hydrogen (secondary N) is 1. The van der Waals surface area contributed by atoms with Crippen LogP contribution in [0.1, 0.15) is 37.8 Å². The first-order chi connectivity index (χ1) is 16.2. The van der Waals surface area contributed by atoms with Crippen molar-refractivity contribution in [3.05, 3.63) is 59.2 Å². The first-order valence-electron chi connectivity index (χ1n) is 11.4. The zero-order chi connectivity index (χ0) is 25.5. The number of alkyl halides is 2. The van der Waals surface area contributed by atoms with Gasteiger partial charge in [-0.1, -0.05) is 50.1 Å². The van der Waals surface area contributed by atoms with E-state index in [9.17, 15) is 13.2 Å². The van der Waals surface area contributed by atoms with Crippen LogP contribution in [0, 0.1) is 18.6 Å². The number of nitrogens with two attached hydrogens (primary N) is 1. The van der Waals surface area contributed by atoms with E-state index < -0.39 is 29.6 Å². The number of aryl methyl sites for hydroxylation is 1. The number of rotatable bonds is 6. The topological polar surface area (TPSA) is 58.4 Å². The van der Waals surface area contributed by atoms with E-state index in [4.69, 9.17) is 4.79 Å². The third-order valence-electron chi connectivity index (χ3n) is 5.61. The van der Waals surface area contributed by atoms with Gasteiger partial charge in [0.15, 0.2) is 0 Å². The van der Waals surface area contributed by atoms with Gasteiger partial charge in [0.1, 0.15) is 11.6 Å². The highest BCUT2D eigenvalue weighted by Crippen LogP contribution is 2.39. The van der Waals surface area contributed by atoms with Gasteiger partial charge < -0.3 is 5.73 Å². The molecule has 1 saturated heterocycles. The first-order valence-corrected chi connectivity index (χ1v) is 12.2. The number of amides is 1. The van der Waals surface area contributed by atoms with Gasteiger partial charge in [-0.2, -0.15) is 0 Å². The largest absolute Gasteiger partial charge is 0.372 e. The number of benzene rings is 2. The van der Waals surface area contributed by atoms with Crippen LogP contribution in [0.2, 0.25) is 0 Å². The van der Waals surface area contributed by atoms with Crippen molar-refractivity contribution in [2.75, 3.05) is 13.6 Å². The summed E-state index contributed by atoms with van der Waals surface area (Å²) in [7, 11) is 1.65. The molecular weight excluding hydrogens is 466 g/mol. The first kappa shape index (κ1) is 28.1. The molecule has 2 fully saturated rings. The molecule has 34 heavy (non-hydrogen) atoms. The van der Waals surface area contributed by atoms with E-state index in [0.717, 1.165) is 12.8 Å². The summed E-state index contributed by atoms with van der Waals surface area (Å²) in [5, 5.41) is 0.397. The van der Waals surface area contributed by atoms with Crippen LogP contribution in [0.4, 0.5) is 17.6 Å². The molecule has 0 bridgehead atoms. The maximum absolute atomic E-state index is 15.3. The number of likely N-dealkylation sites (N-methyl/N-ethyl adjacent to an activating group) is 1. The number of nitrogens with zero attached hydrogens (tertiary/aromatic N) is 1. The molecule has 2 atom stereocenters. The molecule has 4 rings (SSSR count). The molecule has 1 saturated carbocycles. The Bertz CT molecular complexity index is 936. The van der Waals surface area contributed by atoms with Crippen LogP contribution < -0.4 is 10.5 Å². The molecule has 2 aromatic carbocycles. The molecule has 2 aliphatic rings. The summed E-state index contributed by atoms with van der Waals surface area (Å²) in [5.41, 5.74) is 5.96. The highest BCUT2D eigenvalue weighted by Gasteiger charge is 2.53. The molecule has 188 valence electrons. The van der Waals surface area contributed by atoms with Crippen LogP contribution in [-0.4, -0.2) is 48.2 Å². The van der Waals surface area contributed by atoms with Crippen LogP contribution in [-0.2, 0) is 11.2 Å². The smallest absolute Gasteiger partial charge is 0.277 e. The monoisotopic (exact) mass is 499 g/mol. The number of carbonyl (C=O) groups is 1. The molecule has 1 aliphatic carbocycles. The minimum atomic E-state index is -2.88. The number of halogens is 4. The molecule has 9 heteroatoms. The second-order valence-corrected chi connectivity index (χ2v) is 9.43. The normalized spacial score (nSPS) is 21.2. The number of primary amides is 1. The van der Waals surface area contributed by atoms with E-state index in [1.54, 1.807) is 43.1 Å². The second kappa shape index (κ2) is 12.6. The summed E-state index contributed by atoms with van der Waals surface area (Å²) in [6.45, 7) is 5.39. The molecule has 0 aromatic heterocycles. The third kappa shape index (κ3) is 7.20. The Kier molecular flexibility index (Phi) is 10.4. The third-order valence-corrected chi connectivity index (χ3v) is 6.81. The Morgan fingerprint density at radius 2 is 1.85 bits per heavy atom. The van der Waals surface area contributed by atoms with Gasteiger partial charge in [-0.15, -0.1) is 0 Å². The Hall–Kier alpha value is -2.10. The average Bonchev–Trinajstić information content (AvgIpc) is 3.56. The van der Waals surface area contributed by atoms with Gasteiger partial charge >= 0.3 is 0 Å². The van der Waals surface area contributed by atoms with E-state index in [0.29, 0.717) is 21.9 Å². The fraction of sp³-hybridized carbons (Fsp3) is 0.480. The molecule has 2 unspecified atom stereocenters. The van der Waals surface area contributed by atoms with Gasteiger partial charge in [0.2, 0.25) is 6.41 Å². The van der Waals surface area contributed by atoms with Gasteiger partial charge in [0, 0.05) is 16.9 Å². The van der Waals surface area contributed by atoms with E-state index in [1.807, 2.05) is 13.8 Å². The maximum Gasteiger partial charge on any atom is 0.277 e.